The fraction of sp³-hybridized carbons (Fsp3) is 0.625. The van der Waals surface area contributed by atoms with Crippen molar-refractivity contribution in [2.75, 3.05) is 6.61 Å². The number of rotatable bonds is 5. The van der Waals surface area contributed by atoms with Crippen LogP contribution in [0.5, 0.6) is 0 Å². The molecular weight excluding hydrogens is 222 g/mol. The molecule has 3 atom stereocenters. The van der Waals surface area contributed by atoms with Crippen LogP contribution in [0, 0.1) is 5.92 Å². The van der Waals surface area contributed by atoms with E-state index in [4.69, 9.17) is 4.74 Å². The third-order valence-electron chi connectivity index (χ3n) is 3.79. The van der Waals surface area contributed by atoms with Crippen molar-refractivity contribution < 1.29 is 4.74 Å². The molecule has 0 bridgehead atoms. The first-order valence-electron chi connectivity index (χ1n) is 7.11. The molecule has 100 valence electrons. The Morgan fingerprint density at radius 3 is 2.44 bits per heavy atom. The molecule has 0 aliphatic carbocycles. The molecular formula is C16H25NO. The Morgan fingerprint density at radius 1 is 1.17 bits per heavy atom. The van der Waals surface area contributed by atoms with Crippen molar-refractivity contribution in [3.63, 3.8) is 0 Å². The van der Waals surface area contributed by atoms with Crippen LogP contribution in [-0.2, 0) is 4.74 Å². The highest BCUT2D eigenvalue weighted by atomic mass is 16.5. The molecule has 2 rings (SSSR count). The van der Waals surface area contributed by atoms with E-state index in [1.807, 2.05) is 0 Å². The molecule has 1 aliphatic rings. The van der Waals surface area contributed by atoms with Crippen LogP contribution in [0.4, 0.5) is 0 Å². The molecule has 1 aromatic rings. The second kappa shape index (κ2) is 6.35. The van der Waals surface area contributed by atoms with Gasteiger partial charge in [0, 0.05) is 18.7 Å². The highest BCUT2D eigenvalue weighted by molar-refractivity contribution is 5.19. The van der Waals surface area contributed by atoms with E-state index in [-0.39, 0.29) is 0 Å². The van der Waals surface area contributed by atoms with Crippen LogP contribution in [0.3, 0.4) is 0 Å². The van der Waals surface area contributed by atoms with Crippen LogP contribution in [0.15, 0.2) is 30.3 Å². The number of nitrogens with one attached hydrogen (secondary N) is 1. The highest BCUT2D eigenvalue weighted by Gasteiger charge is 2.26. The van der Waals surface area contributed by atoms with E-state index < -0.39 is 0 Å². The van der Waals surface area contributed by atoms with Gasteiger partial charge in [0.2, 0.25) is 0 Å². The van der Waals surface area contributed by atoms with Crippen LogP contribution in [0.1, 0.15) is 45.2 Å². The van der Waals surface area contributed by atoms with Crippen LogP contribution in [-0.4, -0.2) is 18.8 Å². The minimum absolute atomic E-state index is 0.384. The van der Waals surface area contributed by atoms with Gasteiger partial charge < -0.3 is 10.1 Å². The van der Waals surface area contributed by atoms with Gasteiger partial charge in [0.05, 0.1) is 6.10 Å². The molecule has 1 saturated heterocycles. The average molecular weight is 247 g/mol. The summed E-state index contributed by atoms with van der Waals surface area (Å²) in [6, 6.07) is 11.5. The Balaban J connectivity index is 2.02. The molecule has 2 heteroatoms. The van der Waals surface area contributed by atoms with E-state index in [2.05, 4.69) is 56.4 Å². The van der Waals surface area contributed by atoms with Gasteiger partial charge in [-0.05, 0) is 31.2 Å². The Labute approximate surface area is 111 Å². The maximum atomic E-state index is 5.77. The van der Waals surface area contributed by atoms with E-state index in [0.717, 1.165) is 6.61 Å². The third-order valence-corrected chi connectivity index (χ3v) is 3.79. The Bertz CT molecular complexity index is 343. The van der Waals surface area contributed by atoms with Gasteiger partial charge in [-0.25, -0.2) is 0 Å². The highest BCUT2D eigenvalue weighted by Crippen LogP contribution is 2.24. The molecule has 18 heavy (non-hydrogen) atoms. The second-order valence-corrected chi connectivity index (χ2v) is 5.64. The summed E-state index contributed by atoms with van der Waals surface area (Å²) in [6.07, 6.45) is 2.78. The van der Waals surface area contributed by atoms with Gasteiger partial charge in [-0.2, -0.15) is 0 Å². The SMILES string of the molecule is CC(C)C(NC(C)C1CCCO1)c1ccccc1. The fourth-order valence-corrected chi connectivity index (χ4v) is 2.72. The summed E-state index contributed by atoms with van der Waals surface area (Å²) in [4.78, 5) is 0. The first-order chi connectivity index (χ1) is 8.68. The smallest absolute Gasteiger partial charge is 0.0726 e. The van der Waals surface area contributed by atoms with Gasteiger partial charge in [-0.1, -0.05) is 44.2 Å². The molecule has 1 fully saturated rings. The molecule has 3 unspecified atom stereocenters. The summed E-state index contributed by atoms with van der Waals surface area (Å²) in [5.74, 6) is 0.580. The molecule has 0 amide bonds. The lowest BCUT2D eigenvalue weighted by molar-refractivity contribution is 0.0771. The van der Waals surface area contributed by atoms with Crippen molar-refractivity contribution in [1.82, 2.24) is 5.32 Å². The first kappa shape index (κ1) is 13.6. The van der Waals surface area contributed by atoms with Crippen molar-refractivity contribution in [2.45, 2.75) is 51.8 Å². The predicted molar refractivity (Wildman–Crippen MR) is 75.6 cm³/mol. The molecule has 0 saturated carbocycles. The Morgan fingerprint density at radius 2 is 1.89 bits per heavy atom. The van der Waals surface area contributed by atoms with Gasteiger partial charge in [0.15, 0.2) is 0 Å². The zero-order valence-electron chi connectivity index (χ0n) is 11.7. The fourth-order valence-electron chi connectivity index (χ4n) is 2.72. The van der Waals surface area contributed by atoms with Gasteiger partial charge in [0.1, 0.15) is 0 Å². The predicted octanol–water partition coefficient (Wildman–Crippen LogP) is 3.54. The standard InChI is InChI=1S/C16H25NO/c1-12(2)16(14-8-5-4-6-9-14)17-13(3)15-10-7-11-18-15/h4-6,8-9,12-13,15-17H,7,10-11H2,1-3H3. The van der Waals surface area contributed by atoms with Gasteiger partial charge in [-0.15, -0.1) is 0 Å². The summed E-state index contributed by atoms with van der Waals surface area (Å²) in [5, 5.41) is 3.75. The number of benzene rings is 1. The number of ether oxygens (including phenoxy) is 1. The summed E-state index contributed by atoms with van der Waals surface area (Å²) in [5.41, 5.74) is 1.37. The van der Waals surface area contributed by atoms with Crippen molar-refractivity contribution >= 4 is 0 Å². The first-order valence-corrected chi connectivity index (χ1v) is 7.11. The largest absolute Gasteiger partial charge is 0.377 e. The zero-order chi connectivity index (χ0) is 13.0. The molecule has 1 heterocycles. The normalized spacial score (nSPS) is 23.2. The maximum absolute atomic E-state index is 5.77. The summed E-state index contributed by atoms with van der Waals surface area (Å²) in [6.45, 7) is 7.71. The molecule has 2 nitrogen and oxygen atoms in total. The van der Waals surface area contributed by atoms with Crippen molar-refractivity contribution in [1.29, 1.82) is 0 Å². The monoisotopic (exact) mass is 247 g/mol. The summed E-state index contributed by atoms with van der Waals surface area (Å²) >= 11 is 0. The lowest BCUT2D eigenvalue weighted by Crippen LogP contribution is -2.41. The molecule has 0 radical (unpaired) electrons. The number of hydrogen-bond acceptors (Lipinski definition) is 2. The Hall–Kier alpha value is -0.860. The second-order valence-electron chi connectivity index (χ2n) is 5.64. The maximum Gasteiger partial charge on any atom is 0.0726 e. The molecule has 0 spiro atoms. The molecule has 1 N–H and O–H groups in total. The van der Waals surface area contributed by atoms with Crippen LogP contribution in [0.25, 0.3) is 0 Å². The quantitative estimate of drug-likeness (QED) is 0.859. The summed E-state index contributed by atoms with van der Waals surface area (Å²) in [7, 11) is 0. The van der Waals surface area contributed by atoms with Crippen molar-refractivity contribution in [2.24, 2.45) is 5.92 Å². The lowest BCUT2D eigenvalue weighted by atomic mass is 9.94. The lowest BCUT2D eigenvalue weighted by Gasteiger charge is -2.29. The van der Waals surface area contributed by atoms with E-state index >= 15 is 0 Å². The average Bonchev–Trinajstić information content (AvgIpc) is 2.90. The molecule has 0 aromatic heterocycles. The van der Waals surface area contributed by atoms with E-state index in [0.29, 0.717) is 24.1 Å². The number of hydrogen-bond donors (Lipinski definition) is 1. The summed E-state index contributed by atoms with van der Waals surface area (Å²) < 4.78 is 5.77. The third kappa shape index (κ3) is 3.33. The topological polar surface area (TPSA) is 21.3 Å². The van der Waals surface area contributed by atoms with Crippen LogP contribution < -0.4 is 5.32 Å². The van der Waals surface area contributed by atoms with Gasteiger partial charge >= 0.3 is 0 Å². The van der Waals surface area contributed by atoms with E-state index in [1.54, 1.807) is 0 Å². The van der Waals surface area contributed by atoms with Crippen LogP contribution in [0.2, 0.25) is 0 Å². The minimum Gasteiger partial charge on any atom is -0.377 e. The zero-order valence-corrected chi connectivity index (χ0v) is 11.7. The van der Waals surface area contributed by atoms with Crippen molar-refractivity contribution in [3.8, 4) is 0 Å². The van der Waals surface area contributed by atoms with Crippen LogP contribution >= 0.6 is 0 Å². The van der Waals surface area contributed by atoms with Crippen molar-refractivity contribution in [3.05, 3.63) is 35.9 Å². The molecule has 1 aliphatic heterocycles. The molecule has 1 aromatic carbocycles. The van der Waals surface area contributed by atoms with E-state index in [9.17, 15) is 0 Å². The van der Waals surface area contributed by atoms with Gasteiger partial charge in [-0.3, -0.25) is 0 Å². The van der Waals surface area contributed by atoms with Gasteiger partial charge in [0.25, 0.3) is 0 Å². The Kier molecular flexibility index (Phi) is 4.79. The minimum atomic E-state index is 0.384. The van der Waals surface area contributed by atoms with E-state index in [1.165, 1.54) is 18.4 Å².